The second-order valence-electron chi connectivity index (χ2n) is 7.88. The number of sulfonamides is 1. The zero-order valence-corrected chi connectivity index (χ0v) is 18.5. The lowest BCUT2D eigenvalue weighted by atomic mass is 10.2. The summed E-state index contributed by atoms with van der Waals surface area (Å²) in [6.45, 7) is 6.32. The van der Waals surface area contributed by atoms with Crippen molar-refractivity contribution in [3.63, 3.8) is 0 Å². The standard InChI is InChI=1S/C22H25N3O5S/c1-15-4-9-21-23-19(13-24(21)10-15)14-29-22(26)18-5-7-20(8-6-18)31(27,28)25-11-16(2)30-17(3)12-25/h4-10,13,16-17H,11-12,14H2,1-3H3/t16-,17+. The van der Waals surface area contributed by atoms with E-state index >= 15 is 0 Å². The third kappa shape index (κ3) is 4.63. The Morgan fingerprint density at radius 3 is 2.45 bits per heavy atom. The van der Waals surface area contributed by atoms with Crippen LogP contribution in [-0.2, 0) is 26.1 Å². The normalized spacial score (nSPS) is 20.1. The summed E-state index contributed by atoms with van der Waals surface area (Å²) >= 11 is 0. The summed E-state index contributed by atoms with van der Waals surface area (Å²) < 4.78 is 40.1. The average molecular weight is 444 g/mol. The molecule has 0 radical (unpaired) electrons. The molecule has 1 saturated heterocycles. The minimum Gasteiger partial charge on any atom is -0.456 e. The van der Waals surface area contributed by atoms with Crippen LogP contribution in [0.4, 0.5) is 0 Å². The summed E-state index contributed by atoms with van der Waals surface area (Å²) in [5.74, 6) is -0.536. The Bertz CT molecular complexity index is 1190. The van der Waals surface area contributed by atoms with Crippen LogP contribution in [0.1, 0.15) is 35.5 Å². The Hall–Kier alpha value is -2.75. The van der Waals surface area contributed by atoms with Crippen LogP contribution in [0.3, 0.4) is 0 Å². The van der Waals surface area contributed by atoms with Gasteiger partial charge in [-0.25, -0.2) is 18.2 Å². The number of hydrogen-bond donors (Lipinski definition) is 0. The smallest absolute Gasteiger partial charge is 0.338 e. The van der Waals surface area contributed by atoms with Gasteiger partial charge in [0.25, 0.3) is 0 Å². The molecule has 1 aliphatic heterocycles. The van der Waals surface area contributed by atoms with Crippen molar-refractivity contribution in [2.24, 2.45) is 0 Å². The van der Waals surface area contributed by atoms with Gasteiger partial charge in [-0.2, -0.15) is 4.31 Å². The average Bonchev–Trinajstić information content (AvgIpc) is 3.13. The van der Waals surface area contributed by atoms with Crippen LogP contribution >= 0.6 is 0 Å². The first-order valence-electron chi connectivity index (χ1n) is 10.1. The molecule has 164 valence electrons. The first-order chi connectivity index (χ1) is 14.7. The van der Waals surface area contributed by atoms with Crippen molar-refractivity contribution in [2.45, 2.75) is 44.5 Å². The zero-order valence-electron chi connectivity index (χ0n) is 17.7. The Morgan fingerprint density at radius 1 is 1.10 bits per heavy atom. The molecule has 0 N–H and O–H groups in total. The van der Waals surface area contributed by atoms with E-state index in [2.05, 4.69) is 4.98 Å². The van der Waals surface area contributed by atoms with Gasteiger partial charge in [0.15, 0.2) is 0 Å². The quantitative estimate of drug-likeness (QED) is 0.564. The molecular formula is C22H25N3O5S. The number of aromatic nitrogens is 2. The molecule has 0 unspecified atom stereocenters. The predicted octanol–water partition coefficient (Wildman–Crippen LogP) is 2.80. The molecule has 0 spiro atoms. The summed E-state index contributed by atoms with van der Waals surface area (Å²) in [4.78, 5) is 17.0. The van der Waals surface area contributed by atoms with Gasteiger partial charge in [0.1, 0.15) is 12.3 Å². The van der Waals surface area contributed by atoms with E-state index in [0.717, 1.165) is 11.2 Å². The number of benzene rings is 1. The molecule has 2 atom stereocenters. The number of aryl methyl sites for hydroxylation is 1. The van der Waals surface area contributed by atoms with Gasteiger partial charge in [-0.05, 0) is 56.7 Å². The number of pyridine rings is 1. The van der Waals surface area contributed by atoms with Crippen molar-refractivity contribution in [1.82, 2.24) is 13.7 Å². The van der Waals surface area contributed by atoms with Gasteiger partial charge in [0.2, 0.25) is 10.0 Å². The Balaban J connectivity index is 1.42. The topological polar surface area (TPSA) is 90.2 Å². The third-order valence-electron chi connectivity index (χ3n) is 5.11. The fourth-order valence-corrected chi connectivity index (χ4v) is 5.28. The van der Waals surface area contributed by atoms with E-state index in [9.17, 15) is 13.2 Å². The van der Waals surface area contributed by atoms with Crippen LogP contribution < -0.4 is 0 Å². The highest BCUT2D eigenvalue weighted by atomic mass is 32.2. The predicted molar refractivity (Wildman–Crippen MR) is 114 cm³/mol. The van der Waals surface area contributed by atoms with Crippen LogP contribution in [0.25, 0.3) is 5.65 Å². The lowest BCUT2D eigenvalue weighted by Gasteiger charge is -2.34. The Morgan fingerprint density at radius 2 is 1.77 bits per heavy atom. The summed E-state index contributed by atoms with van der Waals surface area (Å²) in [6, 6.07) is 9.67. The molecule has 31 heavy (non-hydrogen) atoms. The summed E-state index contributed by atoms with van der Waals surface area (Å²) in [7, 11) is -3.66. The van der Waals surface area contributed by atoms with Gasteiger partial charge in [-0.15, -0.1) is 0 Å². The van der Waals surface area contributed by atoms with Crippen molar-refractivity contribution in [2.75, 3.05) is 13.1 Å². The lowest BCUT2D eigenvalue weighted by molar-refractivity contribution is -0.0440. The van der Waals surface area contributed by atoms with Crippen molar-refractivity contribution < 1.29 is 22.7 Å². The van der Waals surface area contributed by atoms with E-state index in [1.165, 1.54) is 28.6 Å². The van der Waals surface area contributed by atoms with Gasteiger partial charge in [0, 0.05) is 25.5 Å². The summed E-state index contributed by atoms with van der Waals surface area (Å²) in [5, 5.41) is 0. The highest BCUT2D eigenvalue weighted by Gasteiger charge is 2.32. The first-order valence-corrected chi connectivity index (χ1v) is 11.5. The minimum atomic E-state index is -3.66. The van der Waals surface area contributed by atoms with Gasteiger partial charge in [-0.3, -0.25) is 0 Å². The maximum atomic E-state index is 12.9. The number of nitrogens with zero attached hydrogens (tertiary/aromatic N) is 3. The molecule has 1 fully saturated rings. The molecule has 0 bridgehead atoms. The minimum absolute atomic E-state index is 0.0309. The van der Waals surface area contributed by atoms with Crippen LogP contribution in [0.15, 0.2) is 53.7 Å². The molecule has 1 aromatic carbocycles. The van der Waals surface area contributed by atoms with E-state index in [0.29, 0.717) is 18.8 Å². The van der Waals surface area contributed by atoms with Crippen LogP contribution in [0.2, 0.25) is 0 Å². The molecule has 0 saturated carbocycles. The number of ether oxygens (including phenoxy) is 2. The second-order valence-corrected chi connectivity index (χ2v) is 9.82. The lowest BCUT2D eigenvalue weighted by Crippen LogP contribution is -2.48. The van der Waals surface area contributed by atoms with Crippen molar-refractivity contribution in [3.8, 4) is 0 Å². The van der Waals surface area contributed by atoms with Crippen molar-refractivity contribution in [1.29, 1.82) is 0 Å². The molecule has 8 nitrogen and oxygen atoms in total. The fraction of sp³-hybridized carbons (Fsp3) is 0.364. The van der Waals surface area contributed by atoms with Crippen LogP contribution in [-0.4, -0.2) is 53.4 Å². The highest BCUT2D eigenvalue weighted by Crippen LogP contribution is 2.22. The van der Waals surface area contributed by atoms with E-state index in [-0.39, 0.29) is 29.3 Å². The molecule has 3 aromatic rings. The van der Waals surface area contributed by atoms with Crippen LogP contribution in [0.5, 0.6) is 0 Å². The largest absolute Gasteiger partial charge is 0.456 e. The van der Waals surface area contributed by atoms with E-state index in [4.69, 9.17) is 9.47 Å². The van der Waals surface area contributed by atoms with Gasteiger partial charge in [-0.1, -0.05) is 6.07 Å². The molecule has 9 heteroatoms. The van der Waals surface area contributed by atoms with Gasteiger partial charge >= 0.3 is 5.97 Å². The number of morpholine rings is 1. The van der Waals surface area contributed by atoms with E-state index in [1.54, 1.807) is 0 Å². The second kappa shape index (κ2) is 8.41. The first kappa shape index (κ1) is 21.5. The molecule has 4 rings (SSSR count). The monoisotopic (exact) mass is 443 g/mol. The summed E-state index contributed by atoms with van der Waals surface area (Å²) in [6.07, 6.45) is 3.42. The summed E-state index contributed by atoms with van der Waals surface area (Å²) in [5.41, 5.74) is 2.79. The van der Waals surface area contributed by atoms with E-state index < -0.39 is 16.0 Å². The van der Waals surface area contributed by atoms with E-state index in [1.807, 2.05) is 49.7 Å². The molecule has 0 amide bonds. The Kier molecular flexibility index (Phi) is 5.83. The number of hydrogen-bond acceptors (Lipinski definition) is 6. The molecule has 1 aliphatic rings. The fourth-order valence-electron chi connectivity index (χ4n) is 3.69. The SMILES string of the molecule is Cc1ccc2nc(COC(=O)c3ccc(S(=O)(=O)N4C[C@@H](C)O[C@@H](C)C4)cc3)cn2c1. The van der Waals surface area contributed by atoms with Gasteiger partial charge in [0.05, 0.1) is 28.4 Å². The zero-order chi connectivity index (χ0) is 22.2. The number of fused-ring (bicyclic) bond motifs is 1. The molecule has 2 aromatic heterocycles. The molecule has 0 aliphatic carbocycles. The van der Waals surface area contributed by atoms with Crippen molar-refractivity contribution >= 4 is 21.6 Å². The third-order valence-corrected chi connectivity index (χ3v) is 6.96. The number of imidazole rings is 1. The molecular weight excluding hydrogens is 418 g/mol. The number of esters is 1. The van der Waals surface area contributed by atoms with Crippen molar-refractivity contribution in [3.05, 3.63) is 65.6 Å². The number of carbonyl (C=O) groups excluding carboxylic acids is 1. The van der Waals surface area contributed by atoms with Gasteiger partial charge < -0.3 is 13.9 Å². The molecule has 3 heterocycles. The Labute approximate surface area is 181 Å². The highest BCUT2D eigenvalue weighted by molar-refractivity contribution is 7.89. The maximum absolute atomic E-state index is 12.9. The number of carbonyl (C=O) groups is 1. The van der Waals surface area contributed by atoms with Crippen LogP contribution in [0, 0.1) is 6.92 Å². The number of rotatable bonds is 5. The maximum Gasteiger partial charge on any atom is 0.338 e.